The summed E-state index contributed by atoms with van der Waals surface area (Å²) in [6, 6.07) is 7.85. The molecule has 0 saturated carbocycles. The summed E-state index contributed by atoms with van der Waals surface area (Å²) in [5.74, 6) is -0.809. The molecule has 1 N–H and O–H groups in total. The average Bonchev–Trinajstić information content (AvgIpc) is 2.83. The summed E-state index contributed by atoms with van der Waals surface area (Å²) in [6.45, 7) is 4.07. The lowest BCUT2D eigenvalue weighted by Crippen LogP contribution is -2.34. The lowest BCUT2D eigenvalue weighted by atomic mass is 9.85. The Morgan fingerprint density at radius 1 is 1.25 bits per heavy atom. The Bertz CT molecular complexity index is 494. The first kappa shape index (κ1) is 15.2. The van der Waals surface area contributed by atoms with Gasteiger partial charge in [0.1, 0.15) is 5.60 Å². The molecule has 0 heterocycles. The van der Waals surface area contributed by atoms with Crippen LogP contribution in [-0.4, -0.2) is 19.3 Å². The summed E-state index contributed by atoms with van der Waals surface area (Å²) in [4.78, 5) is 0. The topological polar surface area (TPSA) is 38.7 Å². The van der Waals surface area contributed by atoms with Crippen molar-refractivity contribution in [2.24, 2.45) is 0 Å². The van der Waals surface area contributed by atoms with Gasteiger partial charge < -0.3 is 14.6 Å². The van der Waals surface area contributed by atoms with Gasteiger partial charge in [-0.3, -0.25) is 0 Å². The van der Waals surface area contributed by atoms with Crippen molar-refractivity contribution >= 4 is 0 Å². The maximum absolute atomic E-state index is 11.0. The largest absolute Gasteiger partial charge is 0.381 e. The van der Waals surface area contributed by atoms with Gasteiger partial charge >= 0.3 is 0 Å². The molecule has 1 aromatic carbocycles. The molecule has 0 aliphatic heterocycles. The summed E-state index contributed by atoms with van der Waals surface area (Å²) in [6.07, 6.45) is 4.26. The van der Waals surface area contributed by atoms with Crippen LogP contribution in [0.25, 0.3) is 0 Å². The molecular formula is C17H24O3. The van der Waals surface area contributed by atoms with Crippen molar-refractivity contribution in [3.63, 3.8) is 0 Å². The summed E-state index contributed by atoms with van der Waals surface area (Å²) < 4.78 is 11.3. The Morgan fingerprint density at radius 2 is 1.90 bits per heavy atom. The van der Waals surface area contributed by atoms with E-state index in [9.17, 15) is 5.11 Å². The zero-order valence-electron chi connectivity index (χ0n) is 12.8. The Kier molecular flexibility index (Phi) is 4.33. The summed E-state index contributed by atoms with van der Waals surface area (Å²) in [7, 11) is 3.28. The van der Waals surface area contributed by atoms with Gasteiger partial charge in [-0.25, -0.2) is 0 Å². The fourth-order valence-corrected chi connectivity index (χ4v) is 3.13. The minimum Gasteiger partial charge on any atom is -0.381 e. The normalized spacial score (nSPS) is 22.9. The standard InChI is InChI=1S/C17H24O3/c1-5-17(19-3,20-4)15-9-7-6-8-14(15)16(18)11-10-13(2)12-16/h6-9,12,18H,5,10-11H2,1-4H3. The third kappa shape index (κ3) is 2.41. The van der Waals surface area contributed by atoms with Crippen LogP contribution in [0.3, 0.4) is 0 Å². The maximum Gasteiger partial charge on any atom is 0.194 e. The number of benzene rings is 1. The molecule has 0 saturated heterocycles. The first-order valence-electron chi connectivity index (χ1n) is 7.12. The minimum absolute atomic E-state index is 0.676. The molecule has 110 valence electrons. The lowest BCUT2D eigenvalue weighted by Gasteiger charge is -2.35. The van der Waals surface area contributed by atoms with Crippen LogP contribution in [0.15, 0.2) is 35.9 Å². The van der Waals surface area contributed by atoms with E-state index in [2.05, 4.69) is 6.92 Å². The maximum atomic E-state index is 11.0. The van der Waals surface area contributed by atoms with E-state index in [4.69, 9.17) is 9.47 Å². The lowest BCUT2D eigenvalue weighted by molar-refractivity contribution is -0.218. The second kappa shape index (κ2) is 5.68. The second-order valence-electron chi connectivity index (χ2n) is 5.48. The summed E-state index contributed by atoms with van der Waals surface area (Å²) in [5, 5.41) is 11.0. The fraction of sp³-hybridized carbons (Fsp3) is 0.529. The molecule has 0 spiro atoms. The monoisotopic (exact) mass is 276 g/mol. The quantitative estimate of drug-likeness (QED) is 0.661. The highest BCUT2D eigenvalue weighted by atomic mass is 16.7. The van der Waals surface area contributed by atoms with Gasteiger partial charge in [-0.2, -0.15) is 0 Å². The Balaban J connectivity index is 2.57. The van der Waals surface area contributed by atoms with E-state index in [1.54, 1.807) is 14.2 Å². The van der Waals surface area contributed by atoms with E-state index in [0.717, 1.165) is 17.5 Å². The zero-order valence-corrected chi connectivity index (χ0v) is 12.8. The van der Waals surface area contributed by atoms with E-state index in [0.29, 0.717) is 12.8 Å². The summed E-state index contributed by atoms with van der Waals surface area (Å²) >= 11 is 0. The minimum atomic E-state index is -0.918. The molecule has 1 aromatic rings. The Hall–Kier alpha value is -1.16. The molecule has 0 bridgehead atoms. The van der Waals surface area contributed by atoms with E-state index in [-0.39, 0.29) is 0 Å². The highest BCUT2D eigenvalue weighted by Crippen LogP contribution is 2.42. The fourth-order valence-electron chi connectivity index (χ4n) is 3.13. The van der Waals surface area contributed by atoms with Crippen LogP contribution in [0.1, 0.15) is 44.2 Å². The summed E-state index contributed by atoms with van der Waals surface area (Å²) in [5.41, 5.74) is 2.08. The molecule has 0 radical (unpaired) electrons. The van der Waals surface area contributed by atoms with Crippen molar-refractivity contribution in [3.05, 3.63) is 47.0 Å². The van der Waals surface area contributed by atoms with Crippen LogP contribution in [0.2, 0.25) is 0 Å². The molecule has 3 nitrogen and oxygen atoms in total. The number of methoxy groups -OCH3 is 2. The van der Waals surface area contributed by atoms with Crippen molar-refractivity contribution < 1.29 is 14.6 Å². The molecule has 3 heteroatoms. The van der Waals surface area contributed by atoms with Gasteiger partial charge in [-0.05, 0) is 31.4 Å². The third-order valence-electron chi connectivity index (χ3n) is 4.31. The van der Waals surface area contributed by atoms with Gasteiger partial charge in [-0.15, -0.1) is 0 Å². The molecule has 0 amide bonds. The third-order valence-corrected chi connectivity index (χ3v) is 4.31. The van der Waals surface area contributed by atoms with Gasteiger partial charge in [0.05, 0.1) is 0 Å². The predicted molar refractivity (Wildman–Crippen MR) is 79.3 cm³/mol. The highest BCUT2D eigenvalue weighted by Gasteiger charge is 2.39. The highest BCUT2D eigenvalue weighted by molar-refractivity contribution is 5.41. The number of ether oxygens (including phenoxy) is 2. The van der Waals surface area contributed by atoms with Crippen LogP contribution in [-0.2, 0) is 20.9 Å². The second-order valence-corrected chi connectivity index (χ2v) is 5.48. The number of hydrogen-bond donors (Lipinski definition) is 1. The predicted octanol–water partition coefficient (Wildman–Crippen LogP) is 3.47. The van der Waals surface area contributed by atoms with Crippen molar-refractivity contribution in [1.29, 1.82) is 0 Å². The van der Waals surface area contributed by atoms with Crippen LogP contribution >= 0.6 is 0 Å². The van der Waals surface area contributed by atoms with Crippen LogP contribution in [0.5, 0.6) is 0 Å². The van der Waals surface area contributed by atoms with E-state index in [1.807, 2.05) is 37.3 Å². The molecule has 1 atom stereocenters. The molecule has 20 heavy (non-hydrogen) atoms. The van der Waals surface area contributed by atoms with Gasteiger partial charge in [0.2, 0.25) is 0 Å². The number of rotatable bonds is 5. The van der Waals surface area contributed by atoms with Crippen LogP contribution in [0, 0.1) is 0 Å². The zero-order chi connectivity index (χ0) is 14.8. The van der Waals surface area contributed by atoms with E-state index >= 15 is 0 Å². The van der Waals surface area contributed by atoms with Gasteiger partial charge in [0, 0.05) is 26.2 Å². The molecule has 0 fully saturated rings. The number of hydrogen-bond acceptors (Lipinski definition) is 3. The van der Waals surface area contributed by atoms with Crippen molar-refractivity contribution in [1.82, 2.24) is 0 Å². The van der Waals surface area contributed by atoms with Crippen molar-refractivity contribution in [3.8, 4) is 0 Å². The SMILES string of the molecule is CCC(OC)(OC)c1ccccc1C1(O)C=C(C)CC1. The van der Waals surface area contributed by atoms with Gasteiger partial charge in [-0.1, -0.05) is 36.8 Å². The molecule has 1 aliphatic carbocycles. The van der Waals surface area contributed by atoms with Crippen LogP contribution in [0.4, 0.5) is 0 Å². The number of aliphatic hydroxyl groups is 1. The van der Waals surface area contributed by atoms with Gasteiger partial charge in [0.25, 0.3) is 0 Å². The molecule has 2 rings (SSSR count). The Morgan fingerprint density at radius 3 is 2.40 bits per heavy atom. The van der Waals surface area contributed by atoms with E-state index < -0.39 is 11.4 Å². The molecular weight excluding hydrogens is 252 g/mol. The van der Waals surface area contributed by atoms with Crippen molar-refractivity contribution in [2.75, 3.05) is 14.2 Å². The van der Waals surface area contributed by atoms with Crippen LogP contribution < -0.4 is 0 Å². The van der Waals surface area contributed by atoms with E-state index in [1.165, 1.54) is 5.57 Å². The van der Waals surface area contributed by atoms with Gasteiger partial charge in [0.15, 0.2) is 5.79 Å². The first-order valence-corrected chi connectivity index (χ1v) is 7.12. The Labute approximate surface area is 121 Å². The molecule has 1 aliphatic rings. The average molecular weight is 276 g/mol. The van der Waals surface area contributed by atoms with Crippen molar-refractivity contribution in [2.45, 2.75) is 44.5 Å². The molecule has 0 aromatic heterocycles. The first-order chi connectivity index (χ1) is 9.51. The smallest absolute Gasteiger partial charge is 0.194 e. The number of allylic oxidation sites excluding steroid dienone is 1. The molecule has 1 unspecified atom stereocenters.